The second kappa shape index (κ2) is 4.92. The van der Waals surface area contributed by atoms with E-state index in [0.29, 0.717) is 6.04 Å². The van der Waals surface area contributed by atoms with Gasteiger partial charge in [-0.1, -0.05) is 0 Å². The molecule has 17 heavy (non-hydrogen) atoms. The number of aryl methyl sites for hydroxylation is 1. The van der Waals surface area contributed by atoms with E-state index in [1.165, 1.54) is 12.8 Å². The fourth-order valence-corrected chi connectivity index (χ4v) is 2.51. The van der Waals surface area contributed by atoms with Crippen molar-refractivity contribution in [3.63, 3.8) is 0 Å². The summed E-state index contributed by atoms with van der Waals surface area (Å²) < 4.78 is 0. The zero-order valence-corrected chi connectivity index (χ0v) is 11.0. The molecule has 1 aliphatic heterocycles. The molecule has 0 aliphatic carbocycles. The summed E-state index contributed by atoms with van der Waals surface area (Å²) in [5.74, 6) is 0.967. The molecule has 1 aromatic heterocycles. The first-order valence-electron chi connectivity index (χ1n) is 6.22. The second-order valence-corrected chi connectivity index (χ2v) is 5.12. The average Bonchev–Trinajstić information content (AvgIpc) is 2.69. The lowest BCUT2D eigenvalue weighted by Gasteiger charge is -2.29. The highest BCUT2D eigenvalue weighted by atomic mass is 15.3. The number of hydrogen-bond acceptors (Lipinski definition) is 4. The third kappa shape index (κ3) is 2.69. The predicted octanol–water partition coefficient (Wildman–Crippen LogP) is 1.50. The first kappa shape index (κ1) is 12.2. The lowest BCUT2D eigenvalue weighted by Crippen LogP contribution is -2.38. The van der Waals surface area contributed by atoms with Crippen LogP contribution in [0.25, 0.3) is 0 Å². The van der Waals surface area contributed by atoms with Gasteiger partial charge in [0.25, 0.3) is 0 Å². The molecule has 1 aliphatic rings. The Labute approximate surface area is 103 Å². The molecule has 0 radical (unpaired) electrons. The van der Waals surface area contributed by atoms with Gasteiger partial charge in [-0.05, 0) is 46.0 Å². The van der Waals surface area contributed by atoms with Crippen molar-refractivity contribution in [2.45, 2.75) is 25.8 Å². The van der Waals surface area contributed by atoms with Crippen molar-refractivity contribution < 1.29 is 0 Å². The van der Waals surface area contributed by atoms with Gasteiger partial charge < -0.3 is 15.5 Å². The third-order valence-electron chi connectivity index (χ3n) is 3.27. The minimum absolute atomic E-state index is 0.543. The van der Waals surface area contributed by atoms with Crippen LogP contribution in [0.15, 0.2) is 12.1 Å². The number of anilines is 2. The maximum absolute atomic E-state index is 6.04. The molecule has 1 saturated heterocycles. The van der Waals surface area contributed by atoms with Gasteiger partial charge in [0.05, 0.1) is 5.69 Å². The normalized spacial score (nSPS) is 20.2. The molecule has 2 heterocycles. The molecule has 1 unspecified atom stereocenters. The highest BCUT2D eigenvalue weighted by molar-refractivity contribution is 5.63. The number of rotatable bonds is 3. The van der Waals surface area contributed by atoms with E-state index in [0.717, 1.165) is 30.3 Å². The number of aromatic nitrogens is 1. The molecule has 4 nitrogen and oxygen atoms in total. The highest BCUT2D eigenvalue weighted by Gasteiger charge is 2.27. The minimum Gasteiger partial charge on any atom is -0.396 e. The lowest BCUT2D eigenvalue weighted by molar-refractivity contribution is 0.371. The van der Waals surface area contributed by atoms with Crippen molar-refractivity contribution in [2.24, 2.45) is 0 Å². The maximum atomic E-state index is 6.04. The average molecular weight is 234 g/mol. The molecule has 0 saturated carbocycles. The van der Waals surface area contributed by atoms with E-state index in [-0.39, 0.29) is 0 Å². The van der Waals surface area contributed by atoms with Crippen molar-refractivity contribution in [3.8, 4) is 0 Å². The number of nitrogen functional groups attached to an aromatic ring is 1. The Morgan fingerprint density at radius 1 is 1.47 bits per heavy atom. The van der Waals surface area contributed by atoms with Gasteiger partial charge in [0.1, 0.15) is 0 Å². The predicted molar refractivity (Wildman–Crippen MR) is 72.3 cm³/mol. The van der Waals surface area contributed by atoms with Crippen molar-refractivity contribution in [2.75, 3.05) is 37.8 Å². The van der Waals surface area contributed by atoms with Gasteiger partial charge in [-0.15, -0.1) is 0 Å². The number of nitrogens with two attached hydrogens (primary N) is 1. The van der Waals surface area contributed by atoms with Crippen LogP contribution >= 0.6 is 0 Å². The Hall–Kier alpha value is -1.29. The summed E-state index contributed by atoms with van der Waals surface area (Å²) in [7, 11) is 4.23. The van der Waals surface area contributed by atoms with Gasteiger partial charge in [0.15, 0.2) is 5.82 Å². The van der Waals surface area contributed by atoms with Crippen LogP contribution in [0, 0.1) is 6.92 Å². The molecular weight excluding hydrogens is 212 g/mol. The smallest absolute Gasteiger partial charge is 0.152 e. The van der Waals surface area contributed by atoms with Gasteiger partial charge >= 0.3 is 0 Å². The molecular formula is C13H22N4. The Bertz CT molecular complexity index is 389. The summed E-state index contributed by atoms with van der Waals surface area (Å²) in [6, 6.07) is 4.47. The fourth-order valence-electron chi connectivity index (χ4n) is 2.51. The SMILES string of the molecule is Cc1ccc(N)c(N2CCCC2CN(C)C)n1. The molecule has 2 N–H and O–H groups in total. The summed E-state index contributed by atoms with van der Waals surface area (Å²) in [5.41, 5.74) is 7.87. The zero-order chi connectivity index (χ0) is 12.4. The van der Waals surface area contributed by atoms with Gasteiger partial charge in [-0.25, -0.2) is 4.98 Å². The van der Waals surface area contributed by atoms with Crippen molar-refractivity contribution in [1.82, 2.24) is 9.88 Å². The van der Waals surface area contributed by atoms with Crippen molar-refractivity contribution >= 4 is 11.5 Å². The molecule has 4 heteroatoms. The van der Waals surface area contributed by atoms with Gasteiger partial charge in [0, 0.05) is 24.8 Å². The molecule has 94 valence electrons. The van der Waals surface area contributed by atoms with Crippen molar-refractivity contribution in [1.29, 1.82) is 0 Å². The largest absolute Gasteiger partial charge is 0.396 e. The topological polar surface area (TPSA) is 45.4 Å². The van der Waals surface area contributed by atoms with E-state index in [9.17, 15) is 0 Å². The quantitative estimate of drug-likeness (QED) is 0.861. The van der Waals surface area contributed by atoms with E-state index in [1.807, 2.05) is 19.1 Å². The lowest BCUT2D eigenvalue weighted by atomic mass is 10.2. The summed E-state index contributed by atoms with van der Waals surface area (Å²) in [4.78, 5) is 9.19. The number of nitrogens with zero attached hydrogens (tertiary/aromatic N) is 3. The van der Waals surface area contributed by atoms with Crippen molar-refractivity contribution in [3.05, 3.63) is 17.8 Å². The third-order valence-corrected chi connectivity index (χ3v) is 3.27. The van der Waals surface area contributed by atoms with E-state index < -0.39 is 0 Å². The number of hydrogen-bond donors (Lipinski definition) is 1. The summed E-state index contributed by atoms with van der Waals surface area (Å²) in [6.07, 6.45) is 2.46. The standard InChI is InChI=1S/C13H22N4/c1-10-6-7-12(14)13(15-10)17-8-4-5-11(17)9-16(2)3/h6-7,11H,4-5,8-9,14H2,1-3H3. The first-order chi connectivity index (χ1) is 8.08. The van der Waals surface area contributed by atoms with Crippen LogP contribution in [-0.2, 0) is 0 Å². The van der Waals surface area contributed by atoms with Gasteiger partial charge in [-0.2, -0.15) is 0 Å². The number of likely N-dealkylation sites (N-methyl/N-ethyl adjacent to an activating group) is 1. The first-order valence-corrected chi connectivity index (χ1v) is 6.22. The molecule has 0 aromatic carbocycles. The molecule has 1 fully saturated rings. The molecule has 1 aromatic rings. The van der Waals surface area contributed by atoms with E-state index >= 15 is 0 Å². The molecule has 0 amide bonds. The molecule has 2 rings (SSSR count). The second-order valence-electron chi connectivity index (χ2n) is 5.12. The zero-order valence-electron chi connectivity index (χ0n) is 11.0. The van der Waals surface area contributed by atoms with Crippen LogP contribution in [0.4, 0.5) is 11.5 Å². The Morgan fingerprint density at radius 3 is 2.94 bits per heavy atom. The minimum atomic E-state index is 0.543. The Morgan fingerprint density at radius 2 is 2.24 bits per heavy atom. The summed E-state index contributed by atoms with van der Waals surface area (Å²) in [6.45, 7) is 4.15. The van der Waals surface area contributed by atoms with E-state index in [1.54, 1.807) is 0 Å². The van der Waals surface area contributed by atoms with E-state index in [4.69, 9.17) is 5.73 Å². The molecule has 1 atom stereocenters. The Kier molecular flexibility index (Phi) is 3.52. The monoisotopic (exact) mass is 234 g/mol. The number of pyridine rings is 1. The van der Waals surface area contributed by atoms with Gasteiger partial charge in [0.2, 0.25) is 0 Å². The highest BCUT2D eigenvalue weighted by Crippen LogP contribution is 2.28. The molecule has 0 bridgehead atoms. The summed E-state index contributed by atoms with van der Waals surface area (Å²) >= 11 is 0. The van der Waals surface area contributed by atoms with Gasteiger partial charge in [-0.3, -0.25) is 0 Å². The van der Waals surface area contributed by atoms with Crippen LogP contribution in [0.5, 0.6) is 0 Å². The fraction of sp³-hybridized carbons (Fsp3) is 0.615. The van der Waals surface area contributed by atoms with Crippen LogP contribution in [0.3, 0.4) is 0 Å². The van der Waals surface area contributed by atoms with E-state index in [2.05, 4.69) is 28.9 Å². The molecule has 0 spiro atoms. The summed E-state index contributed by atoms with van der Waals surface area (Å²) in [5, 5.41) is 0. The van der Waals surface area contributed by atoms with Crippen LogP contribution in [0.1, 0.15) is 18.5 Å². The van der Waals surface area contributed by atoms with Crippen LogP contribution in [0.2, 0.25) is 0 Å². The van der Waals surface area contributed by atoms with Crippen LogP contribution < -0.4 is 10.6 Å². The Balaban J connectivity index is 2.22. The van der Waals surface area contributed by atoms with Crippen LogP contribution in [-0.4, -0.2) is 43.1 Å². The maximum Gasteiger partial charge on any atom is 0.152 e.